The molecule has 3 aromatic rings. The molecule has 0 atom stereocenters. The molecular weight excluding hydrogens is 402 g/mol. The van der Waals surface area contributed by atoms with Crippen LogP contribution in [-0.2, 0) is 16.6 Å². The van der Waals surface area contributed by atoms with Crippen molar-refractivity contribution >= 4 is 27.0 Å². The number of sulfonamides is 1. The van der Waals surface area contributed by atoms with Crippen LogP contribution >= 0.6 is 0 Å². The first-order valence-corrected chi connectivity index (χ1v) is 11.8. The maximum absolute atomic E-state index is 12.5. The molecule has 0 amide bonds. The van der Waals surface area contributed by atoms with Gasteiger partial charge in [-0.05, 0) is 44.6 Å². The zero-order valence-corrected chi connectivity index (χ0v) is 18.1. The van der Waals surface area contributed by atoms with Gasteiger partial charge in [0.25, 0.3) is 0 Å². The van der Waals surface area contributed by atoms with Crippen LogP contribution < -0.4 is 9.62 Å². The molecule has 0 radical (unpaired) electrons. The molecule has 0 bridgehead atoms. The second kappa shape index (κ2) is 8.65. The van der Waals surface area contributed by atoms with Crippen molar-refractivity contribution < 1.29 is 8.42 Å². The molecule has 1 aliphatic rings. The molecule has 3 heterocycles. The Hall–Kier alpha value is -2.59. The third-order valence-electron chi connectivity index (χ3n) is 5.73. The highest BCUT2D eigenvalue weighted by Crippen LogP contribution is 2.29. The molecule has 2 N–H and O–H groups in total. The molecule has 3 aromatic heterocycles. The van der Waals surface area contributed by atoms with Crippen LogP contribution in [0.15, 0.2) is 30.9 Å². The first-order valence-electron chi connectivity index (χ1n) is 10.2. The van der Waals surface area contributed by atoms with E-state index in [0.29, 0.717) is 17.7 Å². The summed E-state index contributed by atoms with van der Waals surface area (Å²) in [4.78, 5) is 22.6. The average Bonchev–Trinajstić information content (AvgIpc) is 3.21. The number of anilines is 1. The van der Waals surface area contributed by atoms with Gasteiger partial charge in [0.2, 0.25) is 16.0 Å². The molecule has 4 rings (SSSR count). The van der Waals surface area contributed by atoms with Gasteiger partial charge in [-0.1, -0.05) is 0 Å². The van der Waals surface area contributed by atoms with E-state index in [2.05, 4.69) is 34.5 Å². The van der Waals surface area contributed by atoms with E-state index >= 15 is 0 Å². The van der Waals surface area contributed by atoms with Crippen molar-refractivity contribution in [2.45, 2.75) is 45.2 Å². The summed E-state index contributed by atoms with van der Waals surface area (Å²) in [6, 6.07) is 2.26. The number of hydrogen-bond donors (Lipinski definition) is 2. The van der Waals surface area contributed by atoms with Gasteiger partial charge in [0, 0.05) is 37.1 Å². The van der Waals surface area contributed by atoms with Crippen LogP contribution in [0.25, 0.3) is 11.0 Å². The number of fused-ring (bicyclic) bond motifs is 1. The number of H-pyrrole nitrogens is 1. The van der Waals surface area contributed by atoms with E-state index in [0.717, 1.165) is 42.4 Å². The Morgan fingerprint density at radius 3 is 2.67 bits per heavy atom. The highest BCUT2D eigenvalue weighted by atomic mass is 32.2. The third-order valence-corrected chi connectivity index (χ3v) is 7.22. The number of aryl methyl sites for hydroxylation is 1. The molecular formula is C20H27N7O2S. The number of rotatable bonds is 7. The number of aromatic nitrogens is 5. The van der Waals surface area contributed by atoms with Crippen LogP contribution in [0.3, 0.4) is 0 Å². The molecule has 0 aliphatic heterocycles. The van der Waals surface area contributed by atoms with Crippen molar-refractivity contribution in [3.05, 3.63) is 42.2 Å². The number of nitrogens with zero attached hydrogens (tertiary/aromatic N) is 5. The lowest BCUT2D eigenvalue weighted by Gasteiger charge is -2.34. The zero-order chi connectivity index (χ0) is 21.1. The molecule has 0 spiro atoms. The molecule has 1 saturated carbocycles. The summed E-state index contributed by atoms with van der Waals surface area (Å²) in [5.74, 6) is 0.998. The second-order valence-electron chi connectivity index (χ2n) is 7.99. The van der Waals surface area contributed by atoms with Gasteiger partial charge in [-0.3, -0.25) is 9.97 Å². The predicted molar refractivity (Wildman–Crippen MR) is 115 cm³/mol. The lowest BCUT2D eigenvalue weighted by molar-refractivity contribution is 0.339. The Kier molecular flexibility index (Phi) is 5.96. The van der Waals surface area contributed by atoms with E-state index < -0.39 is 10.0 Å². The molecule has 1 aliphatic carbocycles. The van der Waals surface area contributed by atoms with Gasteiger partial charge in [-0.15, -0.1) is 0 Å². The largest absolute Gasteiger partial charge is 0.346 e. The fraction of sp³-hybridized carbons (Fsp3) is 0.500. The van der Waals surface area contributed by atoms with E-state index in [1.165, 1.54) is 0 Å². The summed E-state index contributed by atoms with van der Waals surface area (Å²) in [6.45, 7) is 2.02. The van der Waals surface area contributed by atoms with E-state index in [1.54, 1.807) is 12.4 Å². The van der Waals surface area contributed by atoms with Crippen LogP contribution in [0.1, 0.15) is 37.1 Å². The van der Waals surface area contributed by atoms with Gasteiger partial charge >= 0.3 is 0 Å². The van der Waals surface area contributed by atoms with Crippen LogP contribution in [0.5, 0.6) is 0 Å². The topological polar surface area (TPSA) is 117 Å². The summed E-state index contributed by atoms with van der Waals surface area (Å²) in [6.07, 6.45) is 10.5. The van der Waals surface area contributed by atoms with Gasteiger partial charge in [0.05, 0.1) is 29.9 Å². The summed E-state index contributed by atoms with van der Waals surface area (Å²) in [5, 5.41) is 0.991. The van der Waals surface area contributed by atoms with E-state index in [4.69, 9.17) is 0 Å². The van der Waals surface area contributed by atoms with Crippen molar-refractivity contribution in [3.8, 4) is 0 Å². The summed E-state index contributed by atoms with van der Waals surface area (Å²) < 4.78 is 27.6. The Bertz CT molecular complexity index is 1090. The fourth-order valence-corrected chi connectivity index (χ4v) is 5.37. The van der Waals surface area contributed by atoms with Crippen molar-refractivity contribution in [2.24, 2.45) is 5.92 Å². The Labute approximate surface area is 176 Å². The smallest absolute Gasteiger partial charge is 0.227 e. The monoisotopic (exact) mass is 429 g/mol. The molecule has 10 heteroatoms. The van der Waals surface area contributed by atoms with E-state index in [9.17, 15) is 8.42 Å². The lowest BCUT2D eigenvalue weighted by atomic mass is 9.87. The minimum Gasteiger partial charge on any atom is -0.346 e. The zero-order valence-electron chi connectivity index (χ0n) is 17.2. The SMILES string of the molecule is Cc1cnc(CNS(=O)(=O)C[C@H]2CC[C@H](N(C)c3ncc4cc[nH]c4n3)CC2)cn1. The van der Waals surface area contributed by atoms with Crippen molar-refractivity contribution in [2.75, 3.05) is 17.7 Å². The highest BCUT2D eigenvalue weighted by molar-refractivity contribution is 7.89. The average molecular weight is 430 g/mol. The van der Waals surface area contributed by atoms with Crippen molar-refractivity contribution in [1.29, 1.82) is 0 Å². The summed E-state index contributed by atoms with van der Waals surface area (Å²) in [5.41, 5.74) is 2.26. The maximum Gasteiger partial charge on any atom is 0.227 e. The summed E-state index contributed by atoms with van der Waals surface area (Å²) in [7, 11) is -1.35. The second-order valence-corrected chi connectivity index (χ2v) is 9.84. The number of aromatic amines is 1. The fourth-order valence-electron chi connectivity index (χ4n) is 3.93. The number of hydrogen-bond acceptors (Lipinski definition) is 7. The molecule has 0 unspecified atom stereocenters. The van der Waals surface area contributed by atoms with Crippen molar-refractivity contribution in [1.82, 2.24) is 29.6 Å². The Morgan fingerprint density at radius 2 is 1.93 bits per heavy atom. The van der Waals surface area contributed by atoms with Crippen LogP contribution in [0.2, 0.25) is 0 Å². The normalized spacial score (nSPS) is 19.8. The molecule has 0 saturated heterocycles. The summed E-state index contributed by atoms with van der Waals surface area (Å²) >= 11 is 0. The highest BCUT2D eigenvalue weighted by Gasteiger charge is 2.28. The minimum atomic E-state index is -3.36. The van der Waals surface area contributed by atoms with Gasteiger partial charge < -0.3 is 9.88 Å². The van der Waals surface area contributed by atoms with Gasteiger partial charge in [0.1, 0.15) is 5.65 Å². The molecule has 1 fully saturated rings. The van der Waals surface area contributed by atoms with Crippen LogP contribution in [-0.4, -0.2) is 52.2 Å². The maximum atomic E-state index is 12.5. The predicted octanol–water partition coefficient (Wildman–Crippen LogP) is 2.17. The Balaban J connectivity index is 1.28. The minimum absolute atomic E-state index is 0.146. The van der Waals surface area contributed by atoms with Crippen LogP contribution in [0, 0.1) is 12.8 Å². The molecule has 160 valence electrons. The standard InChI is InChI=1S/C20H27N7O2S/c1-14-9-23-17(11-22-14)12-25-30(28,29)13-15-3-5-18(6-4-15)27(2)20-24-10-16-7-8-21-19(16)26-20/h7-11,15,18,25H,3-6,12-13H2,1-2H3,(H,21,24,26)/t15-,18-. The van der Waals surface area contributed by atoms with Crippen molar-refractivity contribution in [3.63, 3.8) is 0 Å². The van der Waals surface area contributed by atoms with Gasteiger partial charge in [-0.25, -0.2) is 18.1 Å². The van der Waals surface area contributed by atoms with Crippen LogP contribution in [0.4, 0.5) is 5.95 Å². The number of nitrogens with one attached hydrogen (secondary N) is 2. The first-order chi connectivity index (χ1) is 14.4. The van der Waals surface area contributed by atoms with E-state index in [1.807, 2.05) is 32.4 Å². The Morgan fingerprint density at radius 1 is 1.13 bits per heavy atom. The molecule has 0 aromatic carbocycles. The lowest BCUT2D eigenvalue weighted by Crippen LogP contribution is -2.38. The molecule has 30 heavy (non-hydrogen) atoms. The van der Waals surface area contributed by atoms with E-state index in [-0.39, 0.29) is 18.2 Å². The quantitative estimate of drug-likeness (QED) is 0.591. The first kappa shape index (κ1) is 20.7. The van der Waals surface area contributed by atoms with Gasteiger partial charge in [-0.2, -0.15) is 4.98 Å². The third kappa shape index (κ3) is 4.93. The van der Waals surface area contributed by atoms with Gasteiger partial charge in [0.15, 0.2) is 0 Å². The molecule has 9 nitrogen and oxygen atoms in total.